The average molecular weight is 255 g/mol. The molecule has 2 aliphatic rings. The number of nitrogens with two attached hydrogens (primary N) is 1. The van der Waals surface area contributed by atoms with Crippen molar-refractivity contribution in [3.8, 4) is 0 Å². The molecule has 0 aromatic heterocycles. The Morgan fingerprint density at radius 3 is 2.83 bits per heavy atom. The number of nitrogens with zero attached hydrogens (tertiary/aromatic N) is 1. The molecule has 0 aromatic carbocycles. The highest BCUT2D eigenvalue weighted by Crippen LogP contribution is 2.45. The molecule has 1 atom stereocenters. The normalized spacial score (nSPS) is 36.2. The van der Waals surface area contributed by atoms with Crippen LogP contribution in [0, 0.1) is 17.3 Å². The summed E-state index contributed by atoms with van der Waals surface area (Å²) in [6.07, 6.45) is 2.28. The van der Waals surface area contributed by atoms with Crippen molar-refractivity contribution in [1.29, 1.82) is 0 Å². The second-order valence-electron chi connectivity index (χ2n) is 5.52. The predicted molar refractivity (Wildman–Crippen MR) is 66.2 cm³/mol. The number of rotatable bonds is 4. The lowest BCUT2D eigenvalue weighted by Crippen LogP contribution is -2.57. The predicted octanol–water partition coefficient (Wildman–Crippen LogP) is 0.302. The van der Waals surface area contributed by atoms with E-state index in [-0.39, 0.29) is 11.7 Å². The molecular formula is C12H21N3O3. The summed E-state index contributed by atoms with van der Waals surface area (Å²) in [5.74, 6) is 0.727. The molecule has 0 aromatic rings. The van der Waals surface area contributed by atoms with Gasteiger partial charge in [0, 0.05) is 19.1 Å². The average Bonchev–Trinajstić information content (AvgIpc) is 2.83. The van der Waals surface area contributed by atoms with Crippen molar-refractivity contribution in [2.45, 2.75) is 26.2 Å². The van der Waals surface area contributed by atoms with E-state index in [9.17, 15) is 4.79 Å². The van der Waals surface area contributed by atoms with Gasteiger partial charge in [0.15, 0.2) is 5.84 Å². The number of hydrogen-bond acceptors (Lipinski definition) is 4. The van der Waals surface area contributed by atoms with Crippen LogP contribution >= 0.6 is 0 Å². The summed E-state index contributed by atoms with van der Waals surface area (Å²) < 4.78 is 5.26. The topological polar surface area (TPSA) is 96.9 Å². The molecule has 6 heteroatoms. The minimum atomic E-state index is -0.798. The van der Waals surface area contributed by atoms with E-state index >= 15 is 0 Å². The first kappa shape index (κ1) is 13.1. The van der Waals surface area contributed by atoms with Crippen molar-refractivity contribution < 1.29 is 14.7 Å². The molecule has 2 rings (SSSR count). The molecule has 1 unspecified atom stereocenters. The second-order valence-corrected chi connectivity index (χ2v) is 5.52. The Balaban J connectivity index is 1.92. The highest BCUT2D eigenvalue weighted by Gasteiger charge is 2.52. The van der Waals surface area contributed by atoms with E-state index in [0.29, 0.717) is 37.8 Å². The van der Waals surface area contributed by atoms with Gasteiger partial charge in [-0.15, -0.1) is 0 Å². The number of amides is 1. The number of amidine groups is 1. The number of nitrogens with one attached hydrogen (secondary N) is 1. The number of oxime groups is 1. The summed E-state index contributed by atoms with van der Waals surface area (Å²) in [5, 5.41) is 14.8. The molecule has 1 heterocycles. The van der Waals surface area contributed by atoms with Crippen LogP contribution in [0.1, 0.15) is 26.2 Å². The van der Waals surface area contributed by atoms with Gasteiger partial charge in [-0.3, -0.25) is 4.79 Å². The quantitative estimate of drug-likeness (QED) is 0.291. The molecule has 2 fully saturated rings. The zero-order valence-corrected chi connectivity index (χ0v) is 10.7. The van der Waals surface area contributed by atoms with Gasteiger partial charge in [-0.25, -0.2) is 0 Å². The standard InChI is InChI=1S/C12H21N3O3/c1-8-4-12(5-8,10(13)15-17)11(16)14-6-9-2-3-18-7-9/h8-9,17H,2-7H2,1H3,(H2,13,15)(H,14,16). The maximum absolute atomic E-state index is 12.2. The van der Waals surface area contributed by atoms with Crippen molar-refractivity contribution in [2.75, 3.05) is 19.8 Å². The zero-order valence-electron chi connectivity index (χ0n) is 10.7. The molecule has 1 saturated carbocycles. The van der Waals surface area contributed by atoms with Crippen molar-refractivity contribution >= 4 is 11.7 Å². The summed E-state index contributed by atoms with van der Waals surface area (Å²) >= 11 is 0. The van der Waals surface area contributed by atoms with Crippen LogP contribution in [-0.2, 0) is 9.53 Å². The van der Waals surface area contributed by atoms with Gasteiger partial charge in [0.2, 0.25) is 5.91 Å². The third-order valence-electron chi connectivity index (χ3n) is 4.00. The van der Waals surface area contributed by atoms with Gasteiger partial charge in [0.1, 0.15) is 5.41 Å². The summed E-state index contributed by atoms with van der Waals surface area (Å²) in [4.78, 5) is 12.2. The number of carbonyl (C=O) groups excluding carboxylic acids is 1. The fourth-order valence-corrected chi connectivity index (χ4v) is 2.89. The lowest BCUT2D eigenvalue weighted by molar-refractivity contribution is -0.133. The molecule has 6 nitrogen and oxygen atoms in total. The molecule has 18 heavy (non-hydrogen) atoms. The van der Waals surface area contributed by atoms with Gasteiger partial charge in [0.05, 0.1) is 6.61 Å². The first-order chi connectivity index (χ1) is 8.58. The SMILES string of the molecule is CC1CC(C(=O)NCC2CCOC2)(C(N)=NO)C1. The molecule has 0 bridgehead atoms. The minimum Gasteiger partial charge on any atom is -0.409 e. The van der Waals surface area contributed by atoms with Crippen LogP contribution in [0.2, 0.25) is 0 Å². The van der Waals surface area contributed by atoms with Crippen molar-refractivity contribution in [1.82, 2.24) is 5.32 Å². The van der Waals surface area contributed by atoms with Crippen LogP contribution in [0.15, 0.2) is 5.16 Å². The van der Waals surface area contributed by atoms with Crippen LogP contribution in [0.3, 0.4) is 0 Å². The van der Waals surface area contributed by atoms with E-state index in [1.807, 2.05) is 0 Å². The van der Waals surface area contributed by atoms with E-state index < -0.39 is 5.41 Å². The molecule has 102 valence electrons. The van der Waals surface area contributed by atoms with Crippen LogP contribution < -0.4 is 11.1 Å². The lowest BCUT2D eigenvalue weighted by atomic mass is 9.61. The van der Waals surface area contributed by atoms with Crippen LogP contribution in [0.4, 0.5) is 0 Å². The second kappa shape index (κ2) is 5.14. The van der Waals surface area contributed by atoms with Crippen LogP contribution in [0.25, 0.3) is 0 Å². The van der Waals surface area contributed by atoms with Crippen molar-refractivity contribution in [3.05, 3.63) is 0 Å². The molecule has 1 saturated heterocycles. The van der Waals surface area contributed by atoms with E-state index in [1.54, 1.807) is 0 Å². The smallest absolute Gasteiger partial charge is 0.233 e. The van der Waals surface area contributed by atoms with E-state index in [2.05, 4.69) is 17.4 Å². The minimum absolute atomic E-state index is 0.0285. The molecule has 1 aliphatic carbocycles. The highest BCUT2D eigenvalue weighted by molar-refractivity contribution is 6.07. The monoisotopic (exact) mass is 255 g/mol. The largest absolute Gasteiger partial charge is 0.409 e. The number of ether oxygens (including phenoxy) is 1. The summed E-state index contributed by atoms with van der Waals surface area (Å²) in [7, 11) is 0. The van der Waals surface area contributed by atoms with Crippen LogP contribution in [0.5, 0.6) is 0 Å². The fraction of sp³-hybridized carbons (Fsp3) is 0.833. The zero-order chi connectivity index (χ0) is 13.2. The van der Waals surface area contributed by atoms with Gasteiger partial charge in [-0.05, 0) is 25.2 Å². The van der Waals surface area contributed by atoms with E-state index in [1.165, 1.54) is 0 Å². The van der Waals surface area contributed by atoms with Gasteiger partial charge in [-0.1, -0.05) is 12.1 Å². The van der Waals surface area contributed by atoms with Gasteiger partial charge in [-0.2, -0.15) is 0 Å². The summed E-state index contributed by atoms with van der Waals surface area (Å²) in [5.41, 5.74) is 4.88. The Bertz CT molecular complexity index is 344. The number of carbonyl (C=O) groups is 1. The Morgan fingerprint density at radius 1 is 1.61 bits per heavy atom. The van der Waals surface area contributed by atoms with Crippen molar-refractivity contribution in [2.24, 2.45) is 28.1 Å². The maximum Gasteiger partial charge on any atom is 0.233 e. The molecular weight excluding hydrogens is 234 g/mol. The van der Waals surface area contributed by atoms with Crippen LogP contribution in [-0.4, -0.2) is 36.7 Å². The van der Waals surface area contributed by atoms with Gasteiger partial charge in [0.25, 0.3) is 0 Å². The molecule has 0 spiro atoms. The third-order valence-corrected chi connectivity index (χ3v) is 4.00. The first-order valence-corrected chi connectivity index (χ1v) is 6.42. The lowest BCUT2D eigenvalue weighted by Gasteiger charge is -2.43. The Kier molecular flexibility index (Phi) is 3.75. The van der Waals surface area contributed by atoms with Gasteiger partial charge < -0.3 is 21.0 Å². The van der Waals surface area contributed by atoms with Gasteiger partial charge >= 0.3 is 0 Å². The molecule has 1 aliphatic heterocycles. The fourth-order valence-electron chi connectivity index (χ4n) is 2.89. The summed E-state index contributed by atoms with van der Waals surface area (Å²) in [6, 6.07) is 0. The maximum atomic E-state index is 12.2. The molecule has 0 radical (unpaired) electrons. The Hall–Kier alpha value is -1.30. The molecule has 1 amide bonds. The van der Waals surface area contributed by atoms with E-state index in [4.69, 9.17) is 15.7 Å². The van der Waals surface area contributed by atoms with E-state index in [0.717, 1.165) is 13.0 Å². The first-order valence-electron chi connectivity index (χ1n) is 6.42. The third kappa shape index (κ3) is 2.29. The molecule has 4 N–H and O–H groups in total. The van der Waals surface area contributed by atoms with Crippen molar-refractivity contribution in [3.63, 3.8) is 0 Å². The Labute approximate surface area is 107 Å². The highest BCUT2D eigenvalue weighted by atomic mass is 16.5. The summed E-state index contributed by atoms with van der Waals surface area (Å²) in [6.45, 7) is 4.13. The number of hydrogen-bond donors (Lipinski definition) is 3. The Morgan fingerprint density at radius 2 is 2.33 bits per heavy atom.